The molecular weight excluding hydrogens is 193 g/mol. The van der Waals surface area contributed by atoms with Gasteiger partial charge in [0.25, 0.3) is 5.24 Å². The van der Waals surface area contributed by atoms with Gasteiger partial charge in [-0.1, -0.05) is 0 Å². The molecule has 0 aliphatic heterocycles. The maximum absolute atomic E-state index is 13.1. The average molecular weight is 202 g/mol. The molecule has 0 atom stereocenters. The Bertz CT molecular complexity index is 338. The Balaban J connectivity index is 3.13. The molecule has 0 heterocycles. The number of halogens is 2. The zero-order valence-corrected chi connectivity index (χ0v) is 8.10. The fourth-order valence-electron chi connectivity index (χ4n) is 0.942. The summed E-state index contributed by atoms with van der Waals surface area (Å²) in [4.78, 5) is 12.4. The summed E-state index contributed by atoms with van der Waals surface area (Å²) >= 11 is 5.15. The summed E-state index contributed by atoms with van der Waals surface area (Å²) in [6.07, 6.45) is 0. The highest BCUT2D eigenvalue weighted by atomic mass is 35.5. The van der Waals surface area contributed by atoms with Crippen LogP contribution in [0.25, 0.3) is 0 Å². The second-order valence-corrected chi connectivity index (χ2v) is 3.18. The standard InChI is InChI=1S/C9H9ClFNO/c1-12(2)6-3-4-7(9(10)13)8(11)5-6/h3-5H,1-2H3. The Hall–Kier alpha value is -1.09. The molecule has 0 spiro atoms. The average Bonchev–Trinajstić information content (AvgIpc) is 2.03. The maximum atomic E-state index is 13.1. The number of hydrogen-bond acceptors (Lipinski definition) is 2. The van der Waals surface area contributed by atoms with Crippen LogP contribution in [0.1, 0.15) is 10.4 Å². The zero-order valence-electron chi connectivity index (χ0n) is 7.34. The van der Waals surface area contributed by atoms with Gasteiger partial charge in [-0.05, 0) is 29.8 Å². The normalized spacial score (nSPS) is 9.85. The molecule has 1 aromatic carbocycles. The van der Waals surface area contributed by atoms with Crippen LogP contribution < -0.4 is 4.90 Å². The van der Waals surface area contributed by atoms with Crippen molar-refractivity contribution in [1.29, 1.82) is 0 Å². The topological polar surface area (TPSA) is 20.3 Å². The molecule has 0 bridgehead atoms. The second-order valence-electron chi connectivity index (χ2n) is 2.83. The Labute approximate surface area is 80.9 Å². The number of hydrogen-bond donors (Lipinski definition) is 0. The zero-order chi connectivity index (χ0) is 10.0. The quantitative estimate of drug-likeness (QED) is 0.685. The third-order valence-electron chi connectivity index (χ3n) is 1.68. The van der Waals surface area contributed by atoms with Crippen molar-refractivity contribution < 1.29 is 9.18 Å². The lowest BCUT2D eigenvalue weighted by Crippen LogP contribution is -2.09. The van der Waals surface area contributed by atoms with Crippen molar-refractivity contribution in [2.24, 2.45) is 0 Å². The summed E-state index contributed by atoms with van der Waals surface area (Å²) in [6.45, 7) is 0. The minimum atomic E-state index is -0.775. The molecular formula is C9H9ClFNO. The van der Waals surface area contributed by atoms with E-state index in [0.717, 1.165) is 0 Å². The summed E-state index contributed by atoms with van der Waals surface area (Å²) < 4.78 is 13.1. The molecule has 1 aromatic rings. The summed E-state index contributed by atoms with van der Waals surface area (Å²) in [7, 11) is 3.58. The number of benzene rings is 1. The molecule has 0 aliphatic rings. The van der Waals surface area contributed by atoms with Gasteiger partial charge in [-0.15, -0.1) is 0 Å². The summed E-state index contributed by atoms with van der Waals surface area (Å²) in [6, 6.07) is 4.29. The summed E-state index contributed by atoms with van der Waals surface area (Å²) in [5.74, 6) is -0.591. The summed E-state index contributed by atoms with van der Waals surface area (Å²) in [5.41, 5.74) is 0.603. The Morgan fingerprint density at radius 1 is 1.46 bits per heavy atom. The molecule has 0 saturated heterocycles. The lowest BCUT2D eigenvalue weighted by atomic mass is 10.2. The molecule has 0 radical (unpaired) electrons. The van der Waals surface area contributed by atoms with E-state index in [4.69, 9.17) is 11.6 Å². The van der Waals surface area contributed by atoms with Crippen LogP contribution in [0.15, 0.2) is 18.2 Å². The SMILES string of the molecule is CN(C)c1ccc(C(=O)Cl)c(F)c1. The fraction of sp³-hybridized carbons (Fsp3) is 0.222. The molecule has 0 unspecified atom stereocenters. The molecule has 2 nitrogen and oxygen atoms in total. The number of anilines is 1. The number of carbonyl (C=O) groups excluding carboxylic acids is 1. The van der Waals surface area contributed by atoms with Gasteiger partial charge in [0.05, 0.1) is 5.56 Å². The number of carbonyl (C=O) groups is 1. The molecule has 13 heavy (non-hydrogen) atoms. The van der Waals surface area contributed by atoms with Gasteiger partial charge in [0, 0.05) is 19.8 Å². The molecule has 0 saturated carbocycles. The highest BCUT2D eigenvalue weighted by molar-refractivity contribution is 6.67. The Morgan fingerprint density at radius 3 is 2.46 bits per heavy atom. The van der Waals surface area contributed by atoms with E-state index in [0.29, 0.717) is 5.69 Å². The van der Waals surface area contributed by atoms with E-state index in [1.165, 1.54) is 12.1 Å². The number of rotatable bonds is 2. The van der Waals surface area contributed by atoms with Crippen LogP contribution >= 0.6 is 11.6 Å². The van der Waals surface area contributed by atoms with E-state index in [2.05, 4.69) is 0 Å². The second kappa shape index (κ2) is 3.75. The lowest BCUT2D eigenvalue weighted by molar-refractivity contribution is 0.107. The van der Waals surface area contributed by atoms with Crippen molar-refractivity contribution >= 4 is 22.5 Å². The minimum Gasteiger partial charge on any atom is -0.378 e. The van der Waals surface area contributed by atoms with E-state index in [9.17, 15) is 9.18 Å². The number of nitrogens with zero attached hydrogens (tertiary/aromatic N) is 1. The third kappa shape index (κ3) is 2.18. The Morgan fingerprint density at radius 2 is 2.08 bits per heavy atom. The van der Waals surface area contributed by atoms with Gasteiger partial charge >= 0.3 is 0 Å². The molecule has 4 heteroatoms. The van der Waals surface area contributed by atoms with E-state index in [1.807, 2.05) is 0 Å². The van der Waals surface area contributed by atoms with Gasteiger partial charge in [0.15, 0.2) is 0 Å². The molecule has 0 amide bonds. The van der Waals surface area contributed by atoms with E-state index in [-0.39, 0.29) is 5.56 Å². The first-order chi connectivity index (χ1) is 6.02. The first-order valence-electron chi connectivity index (χ1n) is 3.69. The smallest absolute Gasteiger partial charge is 0.255 e. The van der Waals surface area contributed by atoms with Gasteiger partial charge in [-0.3, -0.25) is 4.79 Å². The summed E-state index contributed by atoms with van der Waals surface area (Å²) in [5, 5.41) is -0.775. The van der Waals surface area contributed by atoms with Crippen molar-refractivity contribution in [1.82, 2.24) is 0 Å². The van der Waals surface area contributed by atoms with E-state index < -0.39 is 11.1 Å². The molecule has 1 rings (SSSR count). The first-order valence-corrected chi connectivity index (χ1v) is 4.07. The van der Waals surface area contributed by atoms with Crippen LogP contribution in [0.4, 0.5) is 10.1 Å². The van der Waals surface area contributed by atoms with E-state index >= 15 is 0 Å². The molecule has 0 aromatic heterocycles. The van der Waals surface area contributed by atoms with Crippen molar-refractivity contribution in [3.05, 3.63) is 29.6 Å². The van der Waals surface area contributed by atoms with Crippen molar-refractivity contribution in [2.75, 3.05) is 19.0 Å². The monoisotopic (exact) mass is 201 g/mol. The first kappa shape index (κ1) is 9.99. The molecule has 0 aliphatic carbocycles. The van der Waals surface area contributed by atoms with Gasteiger partial charge in [-0.25, -0.2) is 4.39 Å². The lowest BCUT2D eigenvalue weighted by Gasteiger charge is -2.12. The third-order valence-corrected chi connectivity index (χ3v) is 1.88. The van der Waals surface area contributed by atoms with Crippen molar-refractivity contribution in [2.45, 2.75) is 0 Å². The van der Waals surface area contributed by atoms with Crippen molar-refractivity contribution in [3.63, 3.8) is 0 Å². The van der Waals surface area contributed by atoms with Gasteiger partial charge < -0.3 is 4.90 Å². The van der Waals surface area contributed by atoms with Crippen LogP contribution in [-0.2, 0) is 0 Å². The van der Waals surface area contributed by atoms with Gasteiger partial charge in [0.1, 0.15) is 5.82 Å². The Kier molecular flexibility index (Phi) is 2.88. The maximum Gasteiger partial charge on any atom is 0.255 e. The molecule has 0 fully saturated rings. The van der Waals surface area contributed by atoms with Crippen molar-refractivity contribution in [3.8, 4) is 0 Å². The van der Waals surface area contributed by atoms with Crippen LogP contribution in [0.2, 0.25) is 0 Å². The highest BCUT2D eigenvalue weighted by Crippen LogP contribution is 2.17. The fourth-order valence-corrected chi connectivity index (χ4v) is 1.09. The van der Waals surface area contributed by atoms with Crippen LogP contribution in [0.3, 0.4) is 0 Å². The largest absolute Gasteiger partial charge is 0.378 e. The predicted molar refractivity (Wildman–Crippen MR) is 50.9 cm³/mol. The van der Waals surface area contributed by atoms with Crippen LogP contribution in [0.5, 0.6) is 0 Å². The van der Waals surface area contributed by atoms with Gasteiger partial charge in [0.2, 0.25) is 0 Å². The van der Waals surface area contributed by atoms with Crippen LogP contribution in [0, 0.1) is 5.82 Å². The van der Waals surface area contributed by atoms with Crippen LogP contribution in [-0.4, -0.2) is 19.3 Å². The molecule has 0 N–H and O–H groups in total. The minimum absolute atomic E-state index is 0.0905. The van der Waals surface area contributed by atoms with Gasteiger partial charge in [-0.2, -0.15) is 0 Å². The highest BCUT2D eigenvalue weighted by Gasteiger charge is 2.09. The molecule has 70 valence electrons. The van der Waals surface area contributed by atoms with E-state index in [1.54, 1.807) is 25.1 Å². The predicted octanol–water partition coefficient (Wildman–Crippen LogP) is 2.27.